The molecule has 0 spiro atoms. The molecule has 10 heteroatoms. The molecule has 1 aromatic carbocycles. The zero-order valence-corrected chi connectivity index (χ0v) is 10.2. The van der Waals surface area contributed by atoms with Crippen molar-refractivity contribution in [2.75, 3.05) is 5.32 Å². The second kappa shape index (κ2) is 5.28. The molecule has 0 bridgehead atoms. The zero-order valence-electron chi connectivity index (χ0n) is 10.2. The number of aromatic nitrogens is 2. The number of anilines is 1. The number of phenolic OH excluding ortho intramolecular Hbond substituents is 1. The summed E-state index contributed by atoms with van der Waals surface area (Å²) in [4.78, 5) is 48.0. The van der Waals surface area contributed by atoms with Crippen LogP contribution in [0.1, 0.15) is 10.4 Å². The lowest BCUT2D eigenvalue weighted by atomic mass is 10.2. The second-order valence-electron chi connectivity index (χ2n) is 3.90. The zero-order chi connectivity index (χ0) is 15.6. The van der Waals surface area contributed by atoms with E-state index in [1.54, 1.807) is 0 Å². The Morgan fingerprint density at radius 1 is 1.33 bits per heavy atom. The van der Waals surface area contributed by atoms with E-state index in [1.807, 2.05) is 4.98 Å². The fraction of sp³-hybridized carbons (Fsp3) is 0. The van der Waals surface area contributed by atoms with E-state index in [0.717, 1.165) is 24.4 Å². The Kier molecular flexibility index (Phi) is 3.52. The first kappa shape index (κ1) is 14.0. The molecule has 0 saturated carbocycles. The first-order valence-electron chi connectivity index (χ1n) is 5.49. The van der Waals surface area contributed by atoms with E-state index >= 15 is 0 Å². The van der Waals surface area contributed by atoms with Gasteiger partial charge in [-0.3, -0.25) is 24.7 Å². The van der Waals surface area contributed by atoms with Crippen LogP contribution in [0.4, 0.5) is 11.4 Å². The molecule has 0 atom stereocenters. The Bertz CT molecular complexity index is 837. The number of phenols is 1. The van der Waals surface area contributed by atoms with Crippen LogP contribution in [0, 0.1) is 10.1 Å². The number of amides is 1. The number of non-ortho nitro benzene ring substituents is 1. The SMILES string of the molecule is O=C(Nc1cc([N+](=O)[O-])ccc1O)c1c[nH]c(=O)[nH]c1=O. The Balaban J connectivity index is 2.35. The molecule has 1 heterocycles. The normalized spacial score (nSPS) is 10.1. The molecule has 0 fully saturated rings. The predicted octanol–water partition coefficient (Wildman–Crippen LogP) is -0.0707. The van der Waals surface area contributed by atoms with Crippen LogP contribution >= 0.6 is 0 Å². The molecule has 2 aromatic rings. The van der Waals surface area contributed by atoms with Crippen molar-refractivity contribution in [3.8, 4) is 5.75 Å². The minimum Gasteiger partial charge on any atom is -0.506 e. The maximum atomic E-state index is 11.8. The number of nitrogens with zero attached hydrogens (tertiary/aromatic N) is 1. The van der Waals surface area contributed by atoms with Crippen LogP contribution in [0.5, 0.6) is 5.75 Å². The highest BCUT2D eigenvalue weighted by atomic mass is 16.6. The summed E-state index contributed by atoms with van der Waals surface area (Å²) in [5.41, 5.74) is -2.71. The topological polar surface area (TPSA) is 158 Å². The molecule has 108 valence electrons. The third kappa shape index (κ3) is 2.94. The number of nitro groups is 1. The lowest BCUT2D eigenvalue weighted by Gasteiger charge is -2.06. The van der Waals surface area contributed by atoms with Gasteiger partial charge in [-0.1, -0.05) is 0 Å². The maximum absolute atomic E-state index is 11.8. The van der Waals surface area contributed by atoms with Gasteiger partial charge in [0.1, 0.15) is 11.3 Å². The predicted molar refractivity (Wildman–Crippen MR) is 70.4 cm³/mol. The number of carbonyl (C=O) groups is 1. The van der Waals surface area contributed by atoms with Gasteiger partial charge in [-0.05, 0) is 6.07 Å². The van der Waals surface area contributed by atoms with Gasteiger partial charge >= 0.3 is 5.69 Å². The molecule has 1 aromatic heterocycles. The van der Waals surface area contributed by atoms with Crippen molar-refractivity contribution >= 4 is 17.3 Å². The molecule has 2 rings (SSSR count). The molecule has 0 unspecified atom stereocenters. The average Bonchev–Trinajstić information content (AvgIpc) is 2.40. The van der Waals surface area contributed by atoms with E-state index in [9.17, 15) is 29.6 Å². The molecular formula is C11H8N4O6. The number of hydrogen-bond donors (Lipinski definition) is 4. The molecule has 1 amide bonds. The van der Waals surface area contributed by atoms with Crippen molar-refractivity contribution in [3.63, 3.8) is 0 Å². The summed E-state index contributed by atoms with van der Waals surface area (Å²) < 4.78 is 0. The fourth-order valence-corrected chi connectivity index (χ4v) is 1.51. The van der Waals surface area contributed by atoms with Gasteiger partial charge in [0.2, 0.25) is 0 Å². The van der Waals surface area contributed by atoms with E-state index in [0.29, 0.717) is 0 Å². The molecule has 0 aliphatic heterocycles. The number of rotatable bonds is 3. The molecule has 4 N–H and O–H groups in total. The number of nitro benzene ring substituents is 1. The molecule has 21 heavy (non-hydrogen) atoms. The summed E-state index contributed by atoms with van der Waals surface area (Å²) in [6, 6.07) is 3.02. The van der Waals surface area contributed by atoms with E-state index < -0.39 is 33.4 Å². The molecule has 0 radical (unpaired) electrons. The minimum atomic E-state index is -0.941. The Morgan fingerprint density at radius 3 is 2.67 bits per heavy atom. The van der Waals surface area contributed by atoms with E-state index in [1.165, 1.54) is 0 Å². The number of benzene rings is 1. The van der Waals surface area contributed by atoms with Crippen LogP contribution in [0.2, 0.25) is 0 Å². The van der Waals surface area contributed by atoms with Crippen LogP contribution in [0.25, 0.3) is 0 Å². The second-order valence-corrected chi connectivity index (χ2v) is 3.90. The number of aromatic hydroxyl groups is 1. The Hall–Kier alpha value is -3.43. The van der Waals surface area contributed by atoms with Gasteiger partial charge in [-0.2, -0.15) is 0 Å². The van der Waals surface area contributed by atoms with E-state index in [2.05, 4.69) is 10.3 Å². The summed E-state index contributed by atoms with van der Waals surface area (Å²) in [5, 5.41) is 22.3. The highest BCUT2D eigenvalue weighted by Crippen LogP contribution is 2.27. The lowest BCUT2D eigenvalue weighted by molar-refractivity contribution is -0.384. The third-order valence-corrected chi connectivity index (χ3v) is 2.50. The first-order chi connectivity index (χ1) is 9.88. The van der Waals surface area contributed by atoms with Crippen molar-refractivity contribution in [2.24, 2.45) is 0 Å². The first-order valence-corrected chi connectivity index (χ1v) is 5.49. The van der Waals surface area contributed by atoms with Crippen LogP contribution in [0.15, 0.2) is 34.0 Å². The largest absolute Gasteiger partial charge is 0.506 e. The summed E-state index contributed by atoms with van der Waals surface area (Å²) in [5.74, 6) is -1.35. The molecule has 0 aliphatic rings. The highest BCUT2D eigenvalue weighted by Gasteiger charge is 2.16. The van der Waals surface area contributed by atoms with Gasteiger partial charge in [0.15, 0.2) is 0 Å². The van der Waals surface area contributed by atoms with E-state index in [4.69, 9.17) is 0 Å². The molecular weight excluding hydrogens is 284 g/mol. The Labute approximate surface area is 115 Å². The van der Waals surface area contributed by atoms with E-state index in [-0.39, 0.29) is 11.4 Å². The van der Waals surface area contributed by atoms with Crippen molar-refractivity contribution in [1.29, 1.82) is 0 Å². The smallest absolute Gasteiger partial charge is 0.325 e. The Morgan fingerprint density at radius 2 is 2.05 bits per heavy atom. The van der Waals surface area contributed by atoms with Gasteiger partial charge in [-0.25, -0.2) is 4.79 Å². The molecule has 10 nitrogen and oxygen atoms in total. The van der Waals surface area contributed by atoms with Crippen LogP contribution < -0.4 is 16.6 Å². The molecule has 0 aliphatic carbocycles. The number of H-pyrrole nitrogens is 2. The van der Waals surface area contributed by atoms with Crippen LogP contribution in [-0.4, -0.2) is 25.9 Å². The quantitative estimate of drug-likeness (QED) is 0.352. The van der Waals surface area contributed by atoms with Crippen molar-refractivity contribution < 1.29 is 14.8 Å². The number of carbonyl (C=O) groups excluding carboxylic acids is 1. The number of aromatic amines is 2. The number of nitrogens with one attached hydrogen (secondary N) is 3. The van der Waals surface area contributed by atoms with Gasteiger partial charge in [0.25, 0.3) is 17.2 Å². The summed E-state index contributed by atoms with van der Waals surface area (Å²) in [6.45, 7) is 0. The van der Waals surface area contributed by atoms with Gasteiger partial charge in [-0.15, -0.1) is 0 Å². The fourth-order valence-electron chi connectivity index (χ4n) is 1.51. The molecule has 0 saturated heterocycles. The van der Waals surface area contributed by atoms with Crippen molar-refractivity contribution in [3.05, 3.63) is 60.9 Å². The third-order valence-electron chi connectivity index (χ3n) is 2.50. The maximum Gasteiger partial charge on any atom is 0.325 e. The lowest BCUT2D eigenvalue weighted by Crippen LogP contribution is -2.29. The summed E-state index contributed by atoms with van der Waals surface area (Å²) >= 11 is 0. The minimum absolute atomic E-state index is 0.236. The average molecular weight is 292 g/mol. The standard InChI is InChI=1S/C11H8N4O6/c16-8-2-1-5(15(20)21)3-7(8)13-9(17)6-4-12-11(19)14-10(6)18/h1-4,16H,(H,13,17)(H2,12,14,18,19). The van der Waals surface area contributed by atoms with Crippen molar-refractivity contribution in [2.45, 2.75) is 0 Å². The summed E-state index contributed by atoms with van der Waals surface area (Å²) in [7, 11) is 0. The van der Waals surface area contributed by atoms with Crippen LogP contribution in [0.3, 0.4) is 0 Å². The highest BCUT2D eigenvalue weighted by molar-refractivity contribution is 6.04. The van der Waals surface area contributed by atoms with Crippen LogP contribution in [-0.2, 0) is 0 Å². The number of hydrogen-bond acceptors (Lipinski definition) is 6. The van der Waals surface area contributed by atoms with Gasteiger partial charge in [0.05, 0.1) is 10.6 Å². The van der Waals surface area contributed by atoms with Gasteiger partial charge in [0, 0.05) is 18.3 Å². The van der Waals surface area contributed by atoms with Crippen molar-refractivity contribution in [1.82, 2.24) is 9.97 Å². The monoisotopic (exact) mass is 292 g/mol. The van der Waals surface area contributed by atoms with Gasteiger partial charge < -0.3 is 15.4 Å². The summed E-state index contributed by atoms with van der Waals surface area (Å²) in [6.07, 6.45) is 0.894.